The van der Waals surface area contributed by atoms with Crippen molar-refractivity contribution in [2.24, 2.45) is 11.3 Å². The lowest BCUT2D eigenvalue weighted by Crippen LogP contribution is -2.29. The monoisotopic (exact) mass is 298 g/mol. The number of likely N-dealkylation sites (N-methyl/N-ethyl adjacent to an activating group) is 1. The van der Waals surface area contributed by atoms with Crippen molar-refractivity contribution < 1.29 is 0 Å². The molecule has 0 amide bonds. The van der Waals surface area contributed by atoms with Crippen LogP contribution in [0.25, 0.3) is 0 Å². The fourth-order valence-electron chi connectivity index (χ4n) is 2.20. The fourth-order valence-corrected chi connectivity index (χ4v) is 2.41. The lowest BCUT2D eigenvalue weighted by atomic mass is 10.1. The zero-order chi connectivity index (χ0) is 14.9. The molecule has 0 bridgehead atoms. The number of halogens is 1. The third kappa shape index (κ3) is 3.52. The highest BCUT2D eigenvalue weighted by molar-refractivity contribution is 6.32. The molecule has 2 rings (SSSR count). The van der Waals surface area contributed by atoms with E-state index in [0.717, 1.165) is 13.1 Å². The van der Waals surface area contributed by atoms with Gasteiger partial charge in [-0.25, -0.2) is 4.68 Å². The van der Waals surface area contributed by atoms with Gasteiger partial charge in [-0.15, -0.1) is 0 Å². The first-order valence-corrected chi connectivity index (χ1v) is 7.33. The Kier molecular flexibility index (Phi) is 4.39. The lowest BCUT2D eigenvalue weighted by Gasteiger charge is -2.13. The molecular formula is C14H23ClN4O. The highest BCUT2D eigenvalue weighted by atomic mass is 35.5. The van der Waals surface area contributed by atoms with Gasteiger partial charge in [0, 0.05) is 13.1 Å². The van der Waals surface area contributed by atoms with Gasteiger partial charge in [-0.2, -0.15) is 5.10 Å². The topological polar surface area (TPSA) is 50.2 Å². The Labute approximate surface area is 124 Å². The molecule has 1 aromatic heterocycles. The molecule has 6 heteroatoms. The summed E-state index contributed by atoms with van der Waals surface area (Å²) in [6.07, 6.45) is 2.86. The van der Waals surface area contributed by atoms with E-state index in [1.54, 1.807) is 6.20 Å². The van der Waals surface area contributed by atoms with Gasteiger partial charge in [-0.05, 0) is 31.8 Å². The second-order valence-corrected chi connectivity index (χ2v) is 6.85. The van der Waals surface area contributed by atoms with E-state index in [2.05, 4.69) is 24.3 Å². The molecule has 1 aliphatic carbocycles. The third-order valence-corrected chi connectivity index (χ3v) is 4.37. The molecule has 0 spiro atoms. The molecule has 1 aromatic rings. The van der Waals surface area contributed by atoms with Crippen LogP contribution < -0.4 is 10.9 Å². The van der Waals surface area contributed by atoms with E-state index in [9.17, 15) is 4.79 Å². The number of rotatable bonds is 6. The van der Waals surface area contributed by atoms with E-state index in [4.69, 9.17) is 11.6 Å². The molecule has 112 valence electrons. The average molecular weight is 299 g/mol. The summed E-state index contributed by atoms with van der Waals surface area (Å²) < 4.78 is 1.41. The van der Waals surface area contributed by atoms with Gasteiger partial charge >= 0.3 is 0 Å². The third-order valence-electron chi connectivity index (χ3n) is 4.00. The van der Waals surface area contributed by atoms with Crippen molar-refractivity contribution in [3.8, 4) is 0 Å². The van der Waals surface area contributed by atoms with E-state index in [1.165, 1.54) is 11.1 Å². The summed E-state index contributed by atoms with van der Waals surface area (Å²) in [5.41, 5.74) is 0.821. The number of hydrogen-bond donors (Lipinski definition) is 1. The molecule has 0 aromatic carbocycles. The molecule has 0 aliphatic heterocycles. The molecule has 1 atom stereocenters. The molecular weight excluding hydrogens is 276 g/mol. The number of nitrogens with one attached hydrogen (secondary N) is 1. The van der Waals surface area contributed by atoms with E-state index in [-0.39, 0.29) is 10.6 Å². The average Bonchev–Trinajstić information content (AvgIpc) is 2.97. The van der Waals surface area contributed by atoms with Gasteiger partial charge in [0.1, 0.15) is 5.02 Å². The van der Waals surface area contributed by atoms with Crippen LogP contribution in [0.15, 0.2) is 11.0 Å². The minimum atomic E-state index is -0.228. The Morgan fingerprint density at radius 1 is 1.55 bits per heavy atom. The first-order chi connectivity index (χ1) is 9.31. The Morgan fingerprint density at radius 3 is 2.75 bits per heavy atom. The zero-order valence-corrected chi connectivity index (χ0v) is 13.4. The van der Waals surface area contributed by atoms with Crippen molar-refractivity contribution in [1.29, 1.82) is 0 Å². The van der Waals surface area contributed by atoms with E-state index < -0.39 is 0 Å². The predicted octanol–water partition coefficient (Wildman–Crippen LogP) is 1.92. The van der Waals surface area contributed by atoms with E-state index in [0.29, 0.717) is 23.6 Å². The SMILES string of the molecule is CN(C)CCn1ncc(NCC2CC2(C)C)c(Cl)c1=O. The summed E-state index contributed by atoms with van der Waals surface area (Å²) >= 11 is 6.14. The minimum absolute atomic E-state index is 0.228. The molecule has 1 fully saturated rings. The van der Waals surface area contributed by atoms with Crippen LogP contribution in [0.1, 0.15) is 20.3 Å². The number of anilines is 1. The quantitative estimate of drug-likeness (QED) is 0.872. The first kappa shape index (κ1) is 15.3. The van der Waals surface area contributed by atoms with Crippen LogP contribution in [0, 0.1) is 11.3 Å². The Hall–Kier alpha value is -1.07. The van der Waals surface area contributed by atoms with Crippen molar-refractivity contribution in [1.82, 2.24) is 14.7 Å². The summed E-state index contributed by atoms with van der Waals surface area (Å²) in [6.45, 7) is 6.64. The van der Waals surface area contributed by atoms with Crippen LogP contribution >= 0.6 is 11.6 Å². The van der Waals surface area contributed by atoms with Crippen molar-refractivity contribution in [3.05, 3.63) is 21.6 Å². The zero-order valence-electron chi connectivity index (χ0n) is 12.6. The van der Waals surface area contributed by atoms with E-state index in [1.807, 2.05) is 19.0 Å². The molecule has 1 aliphatic rings. The molecule has 0 radical (unpaired) electrons. The van der Waals surface area contributed by atoms with Gasteiger partial charge in [-0.1, -0.05) is 25.4 Å². The van der Waals surface area contributed by atoms with Crippen molar-refractivity contribution in [2.45, 2.75) is 26.8 Å². The largest absolute Gasteiger partial charge is 0.382 e. The van der Waals surface area contributed by atoms with Gasteiger partial charge in [0.2, 0.25) is 0 Å². The summed E-state index contributed by atoms with van der Waals surface area (Å²) in [6, 6.07) is 0. The van der Waals surface area contributed by atoms with Crippen LogP contribution in [0.2, 0.25) is 5.02 Å². The maximum Gasteiger partial charge on any atom is 0.287 e. The Morgan fingerprint density at radius 2 is 2.20 bits per heavy atom. The molecule has 1 heterocycles. The smallest absolute Gasteiger partial charge is 0.287 e. The second-order valence-electron chi connectivity index (χ2n) is 6.47. The summed E-state index contributed by atoms with van der Waals surface area (Å²) in [5.74, 6) is 0.648. The summed E-state index contributed by atoms with van der Waals surface area (Å²) in [4.78, 5) is 14.1. The molecule has 20 heavy (non-hydrogen) atoms. The van der Waals surface area contributed by atoms with Gasteiger partial charge in [0.05, 0.1) is 18.4 Å². The minimum Gasteiger partial charge on any atom is -0.382 e. The molecule has 1 unspecified atom stereocenters. The second kappa shape index (κ2) is 5.74. The van der Waals surface area contributed by atoms with Crippen LogP contribution in [0.3, 0.4) is 0 Å². The van der Waals surface area contributed by atoms with Crippen LogP contribution in [-0.4, -0.2) is 41.9 Å². The predicted molar refractivity (Wildman–Crippen MR) is 82.4 cm³/mol. The molecule has 5 nitrogen and oxygen atoms in total. The normalized spacial score (nSPS) is 20.2. The van der Waals surface area contributed by atoms with Crippen molar-refractivity contribution in [2.75, 3.05) is 32.5 Å². The molecule has 1 N–H and O–H groups in total. The van der Waals surface area contributed by atoms with Crippen LogP contribution in [-0.2, 0) is 6.54 Å². The molecule has 1 saturated carbocycles. The first-order valence-electron chi connectivity index (χ1n) is 6.95. The van der Waals surface area contributed by atoms with Crippen molar-refractivity contribution in [3.63, 3.8) is 0 Å². The van der Waals surface area contributed by atoms with Gasteiger partial charge < -0.3 is 10.2 Å². The van der Waals surface area contributed by atoms with Crippen LogP contribution in [0.5, 0.6) is 0 Å². The maximum absolute atomic E-state index is 12.1. The lowest BCUT2D eigenvalue weighted by molar-refractivity contribution is 0.367. The van der Waals surface area contributed by atoms with Crippen molar-refractivity contribution >= 4 is 17.3 Å². The Balaban J connectivity index is 2.01. The number of aromatic nitrogens is 2. The van der Waals surface area contributed by atoms with Crippen LogP contribution in [0.4, 0.5) is 5.69 Å². The van der Waals surface area contributed by atoms with E-state index >= 15 is 0 Å². The number of nitrogens with zero attached hydrogens (tertiary/aromatic N) is 3. The summed E-state index contributed by atoms with van der Waals surface area (Å²) in [7, 11) is 3.92. The fraction of sp³-hybridized carbons (Fsp3) is 0.714. The standard InChI is InChI=1S/C14H23ClN4O/c1-14(2)7-10(14)8-16-11-9-17-19(6-5-18(3)4)13(20)12(11)15/h9-10,16H,5-8H2,1-4H3. The number of hydrogen-bond acceptors (Lipinski definition) is 4. The van der Waals surface area contributed by atoms with Gasteiger partial charge in [-0.3, -0.25) is 4.79 Å². The van der Waals surface area contributed by atoms with Gasteiger partial charge in [0.25, 0.3) is 5.56 Å². The van der Waals surface area contributed by atoms with Gasteiger partial charge in [0.15, 0.2) is 0 Å². The highest BCUT2D eigenvalue weighted by Gasteiger charge is 2.45. The molecule has 0 saturated heterocycles. The maximum atomic E-state index is 12.1. The Bertz CT molecular complexity index is 538. The highest BCUT2D eigenvalue weighted by Crippen LogP contribution is 2.51. The summed E-state index contributed by atoms with van der Waals surface area (Å²) in [5, 5.41) is 7.66.